The van der Waals surface area contributed by atoms with Crippen molar-refractivity contribution < 1.29 is 4.79 Å². The average molecular weight is 139 g/mol. The molecule has 0 fully saturated rings. The Morgan fingerprint density at radius 3 is 3.20 bits per heavy atom. The van der Waals surface area contributed by atoms with Gasteiger partial charge in [-0.3, -0.25) is 9.89 Å². The summed E-state index contributed by atoms with van der Waals surface area (Å²) in [5.41, 5.74) is 0.833. The Balaban J connectivity index is 2.48. The van der Waals surface area contributed by atoms with E-state index in [1.54, 1.807) is 19.3 Å². The van der Waals surface area contributed by atoms with Gasteiger partial charge in [0.25, 0.3) is 0 Å². The fourth-order valence-electron chi connectivity index (χ4n) is 0.645. The zero-order chi connectivity index (χ0) is 7.40. The number of hydrogen-bond donors (Lipinski definition) is 2. The number of H-pyrrole nitrogens is 1. The summed E-state index contributed by atoms with van der Waals surface area (Å²) in [5.74, 6) is -0.00995. The molecule has 54 valence electrons. The van der Waals surface area contributed by atoms with Gasteiger partial charge in [0.1, 0.15) is 0 Å². The Labute approximate surface area is 58.6 Å². The summed E-state index contributed by atoms with van der Waals surface area (Å²) >= 11 is 0. The van der Waals surface area contributed by atoms with E-state index >= 15 is 0 Å². The van der Waals surface area contributed by atoms with E-state index in [9.17, 15) is 4.79 Å². The minimum Gasteiger partial charge on any atom is -0.359 e. The van der Waals surface area contributed by atoms with E-state index in [2.05, 4.69) is 15.5 Å². The monoisotopic (exact) mass is 139 g/mol. The average Bonchev–Trinajstić information content (AvgIpc) is 2.40. The van der Waals surface area contributed by atoms with Gasteiger partial charge in [0.15, 0.2) is 0 Å². The lowest BCUT2D eigenvalue weighted by atomic mass is 10.3. The molecule has 0 aliphatic heterocycles. The van der Waals surface area contributed by atoms with Crippen LogP contribution in [-0.4, -0.2) is 23.2 Å². The van der Waals surface area contributed by atoms with Crippen molar-refractivity contribution in [2.75, 3.05) is 7.05 Å². The molecule has 0 unspecified atom stereocenters. The molecule has 0 saturated heterocycles. The normalized spacial score (nSPS) is 9.30. The number of nitrogens with zero attached hydrogens (tertiary/aromatic N) is 1. The second-order valence-electron chi connectivity index (χ2n) is 1.93. The van der Waals surface area contributed by atoms with Crippen molar-refractivity contribution in [2.24, 2.45) is 0 Å². The van der Waals surface area contributed by atoms with Gasteiger partial charge in [0, 0.05) is 18.9 Å². The summed E-state index contributed by atoms with van der Waals surface area (Å²) in [6.45, 7) is 0. The first kappa shape index (κ1) is 6.80. The van der Waals surface area contributed by atoms with E-state index in [1.165, 1.54) is 0 Å². The Kier molecular flexibility index (Phi) is 2.04. The van der Waals surface area contributed by atoms with E-state index in [1.807, 2.05) is 0 Å². The quantitative estimate of drug-likeness (QED) is 0.591. The van der Waals surface area contributed by atoms with E-state index in [0.717, 1.165) is 5.69 Å². The van der Waals surface area contributed by atoms with Crippen LogP contribution in [0.25, 0.3) is 0 Å². The van der Waals surface area contributed by atoms with E-state index in [-0.39, 0.29) is 5.91 Å². The van der Waals surface area contributed by atoms with Crippen molar-refractivity contribution in [1.82, 2.24) is 15.5 Å². The summed E-state index contributed by atoms with van der Waals surface area (Å²) in [5, 5.41) is 8.91. The van der Waals surface area contributed by atoms with Gasteiger partial charge in [0.05, 0.1) is 6.42 Å². The third-order valence-electron chi connectivity index (χ3n) is 1.19. The first-order valence-electron chi connectivity index (χ1n) is 3.02. The highest BCUT2D eigenvalue weighted by Crippen LogP contribution is 1.91. The molecule has 1 aromatic heterocycles. The van der Waals surface area contributed by atoms with Crippen molar-refractivity contribution in [2.45, 2.75) is 6.42 Å². The van der Waals surface area contributed by atoms with Gasteiger partial charge in [-0.15, -0.1) is 0 Å². The summed E-state index contributed by atoms with van der Waals surface area (Å²) in [4.78, 5) is 10.7. The smallest absolute Gasteiger partial charge is 0.225 e. The van der Waals surface area contributed by atoms with Gasteiger partial charge < -0.3 is 5.32 Å². The molecule has 1 aromatic rings. The van der Waals surface area contributed by atoms with Gasteiger partial charge in [-0.25, -0.2) is 0 Å². The summed E-state index contributed by atoms with van der Waals surface area (Å²) in [6, 6.07) is 1.77. The van der Waals surface area contributed by atoms with Gasteiger partial charge in [0.2, 0.25) is 5.91 Å². The van der Waals surface area contributed by atoms with Gasteiger partial charge in [-0.05, 0) is 6.07 Å². The molecule has 2 N–H and O–H groups in total. The second-order valence-corrected chi connectivity index (χ2v) is 1.93. The minimum absolute atomic E-state index is 0.00995. The van der Waals surface area contributed by atoms with Crippen LogP contribution in [-0.2, 0) is 11.2 Å². The van der Waals surface area contributed by atoms with Crippen LogP contribution in [0.4, 0.5) is 0 Å². The lowest BCUT2D eigenvalue weighted by Crippen LogP contribution is -2.20. The van der Waals surface area contributed by atoms with E-state index in [0.29, 0.717) is 6.42 Å². The lowest BCUT2D eigenvalue weighted by Gasteiger charge is -1.93. The molecule has 4 nitrogen and oxygen atoms in total. The van der Waals surface area contributed by atoms with Crippen LogP contribution in [0.15, 0.2) is 12.3 Å². The number of aromatic amines is 1. The number of aromatic nitrogens is 2. The Hall–Kier alpha value is -1.32. The number of carbonyl (C=O) groups is 1. The molecule has 0 spiro atoms. The number of likely N-dealkylation sites (N-methyl/N-ethyl adjacent to an activating group) is 1. The van der Waals surface area contributed by atoms with Gasteiger partial charge >= 0.3 is 0 Å². The number of rotatable bonds is 2. The third-order valence-corrected chi connectivity index (χ3v) is 1.19. The van der Waals surface area contributed by atoms with Crippen molar-refractivity contribution in [3.8, 4) is 0 Å². The zero-order valence-electron chi connectivity index (χ0n) is 5.72. The predicted molar refractivity (Wildman–Crippen MR) is 36.4 cm³/mol. The van der Waals surface area contributed by atoms with E-state index < -0.39 is 0 Å². The maximum absolute atomic E-state index is 10.7. The summed E-state index contributed by atoms with van der Waals surface area (Å²) < 4.78 is 0. The van der Waals surface area contributed by atoms with Crippen LogP contribution >= 0.6 is 0 Å². The molecule has 0 bridgehead atoms. The maximum atomic E-state index is 10.7. The largest absolute Gasteiger partial charge is 0.359 e. The van der Waals surface area contributed by atoms with Crippen LogP contribution in [0, 0.1) is 0 Å². The summed E-state index contributed by atoms with van der Waals surface area (Å²) in [6.07, 6.45) is 1.99. The number of amides is 1. The van der Waals surface area contributed by atoms with Gasteiger partial charge in [-0.1, -0.05) is 0 Å². The van der Waals surface area contributed by atoms with Crippen molar-refractivity contribution in [1.29, 1.82) is 0 Å². The molecule has 10 heavy (non-hydrogen) atoms. The SMILES string of the molecule is CNC(=O)Cc1ccn[nH]1. The summed E-state index contributed by atoms with van der Waals surface area (Å²) in [7, 11) is 1.61. The van der Waals surface area contributed by atoms with Crippen molar-refractivity contribution in [3.05, 3.63) is 18.0 Å². The van der Waals surface area contributed by atoms with Crippen LogP contribution in [0.2, 0.25) is 0 Å². The fraction of sp³-hybridized carbons (Fsp3) is 0.333. The number of carbonyl (C=O) groups excluding carboxylic acids is 1. The molecule has 0 atom stereocenters. The highest BCUT2D eigenvalue weighted by Gasteiger charge is 1.99. The maximum Gasteiger partial charge on any atom is 0.225 e. The topological polar surface area (TPSA) is 57.8 Å². The van der Waals surface area contributed by atoms with Gasteiger partial charge in [-0.2, -0.15) is 5.10 Å². The van der Waals surface area contributed by atoms with Crippen LogP contribution in [0.1, 0.15) is 5.69 Å². The highest BCUT2D eigenvalue weighted by atomic mass is 16.1. The molecular formula is C6H9N3O. The fourth-order valence-corrected chi connectivity index (χ4v) is 0.645. The predicted octanol–water partition coefficient (Wildman–Crippen LogP) is -0.302. The standard InChI is InChI=1S/C6H9N3O/c1-7-6(10)4-5-2-3-8-9-5/h2-3H,4H2,1H3,(H,7,10)(H,8,9). The zero-order valence-corrected chi connectivity index (χ0v) is 5.72. The molecule has 1 rings (SSSR count). The Bertz CT molecular complexity index is 205. The second kappa shape index (κ2) is 3.00. The number of nitrogens with one attached hydrogen (secondary N) is 2. The molecule has 0 radical (unpaired) electrons. The molecule has 0 saturated carbocycles. The molecule has 1 amide bonds. The first-order chi connectivity index (χ1) is 4.83. The van der Waals surface area contributed by atoms with Crippen LogP contribution < -0.4 is 5.32 Å². The molecule has 0 aliphatic carbocycles. The first-order valence-corrected chi connectivity index (χ1v) is 3.02. The van der Waals surface area contributed by atoms with Crippen LogP contribution in [0.3, 0.4) is 0 Å². The molecule has 0 aromatic carbocycles. The van der Waals surface area contributed by atoms with Crippen molar-refractivity contribution in [3.63, 3.8) is 0 Å². The van der Waals surface area contributed by atoms with E-state index in [4.69, 9.17) is 0 Å². The molecule has 4 heteroatoms. The molecule has 1 heterocycles. The minimum atomic E-state index is -0.00995. The molecule has 0 aliphatic rings. The Morgan fingerprint density at radius 2 is 2.70 bits per heavy atom. The molecular weight excluding hydrogens is 130 g/mol. The number of hydrogen-bond acceptors (Lipinski definition) is 2. The lowest BCUT2D eigenvalue weighted by molar-refractivity contribution is -0.120. The Morgan fingerprint density at radius 1 is 1.90 bits per heavy atom. The third kappa shape index (κ3) is 1.58. The van der Waals surface area contributed by atoms with Crippen molar-refractivity contribution >= 4 is 5.91 Å². The van der Waals surface area contributed by atoms with Crippen LogP contribution in [0.5, 0.6) is 0 Å². The highest BCUT2D eigenvalue weighted by molar-refractivity contribution is 5.77.